The third-order valence-electron chi connectivity index (χ3n) is 3.33. The summed E-state index contributed by atoms with van der Waals surface area (Å²) in [6.07, 6.45) is 5.45. The number of hydrogen-bond acceptors (Lipinski definition) is 2. The van der Waals surface area contributed by atoms with Gasteiger partial charge in [0, 0.05) is 6.54 Å². The van der Waals surface area contributed by atoms with Crippen molar-refractivity contribution in [3.05, 3.63) is 23.4 Å². The van der Waals surface area contributed by atoms with Crippen LogP contribution in [0.2, 0.25) is 5.15 Å². The first-order valence-electron chi connectivity index (χ1n) is 6.10. The van der Waals surface area contributed by atoms with Gasteiger partial charge in [0.15, 0.2) is 0 Å². The van der Waals surface area contributed by atoms with Crippen LogP contribution in [-0.2, 0) is 0 Å². The van der Waals surface area contributed by atoms with Crippen molar-refractivity contribution in [1.82, 2.24) is 4.98 Å². The molecule has 1 saturated carbocycles. The molecule has 88 valence electrons. The van der Waals surface area contributed by atoms with Gasteiger partial charge in [-0.05, 0) is 36.8 Å². The van der Waals surface area contributed by atoms with Crippen molar-refractivity contribution in [2.45, 2.75) is 32.6 Å². The number of anilines is 1. The maximum atomic E-state index is 5.84. The number of nitrogens with zero attached hydrogens (tertiary/aromatic N) is 1. The monoisotopic (exact) mass is 238 g/mol. The molecule has 1 aliphatic rings. The number of rotatable bonds is 3. The highest BCUT2D eigenvalue weighted by Gasteiger charge is 2.18. The van der Waals surface area contributed by atoms with E-state index in [-0.39, 0.29) is 0 Å². The average molecular weight is 239 g/mol. The van der Waals surface area contributed by atoms with Crippen LogP contribution < -0.4 is 5.32 Å². The fourth-order valence-electron chi connectivity index (χ4n) is 2.50. The van der Waals surface area contributed by atoms with Crippen LogP contribution in [0, 0.1) is 11.8 Å². The van der Waals surface area contributed by atoms with Crippen LogP contribution >= 0.6 is 11.6 Å². The largest absolute Gasteiger partial charge is 0.370 e. The standard InChI is InChI=1S/C13H19ClN2/c1-10-4-2-5-11(8-10)9-15-13-7-3-6-12(14)16-13/h3,6-7,10-11H,2,4-5,8-9H2,1H3,(H,15,16). The first-order chi connectivity index (χ1) is 7.74. The van der Waals surface area contributed by atoms with Crippen LogP contribution in [0.4, 0.5) is 5.82 Å². The quantitative estimate of drug-likeness (QED) is 0.806. The normalized spacial score (nSPS) is 25.4. The van der Waals surface area contributed by atoms with Crippen molar-refractivity contribution < 1.29 is 0 Å². The Hall–Kier alpha value is -0.760. The van der Waals surface area contributed by atoms with Gasteiger partial charge in [0.2, 0.25) is 0 Å². The first kappa shape index (κ1) is 11.7. The minimum atomic E-state index is 0.557. The van der Waals surface area contributed by atoms with E-state index >= 15 is 0 Å². The van der Waals surface area contributed by atoms with Crippen molar-refractivity contribution in [2.75, 3.05) is 11.9 Å². The summed E-state index contributed by atoms with van der Waals surface area (Å²) in [4.78, 5) is 4.23. The number of aromatic nitrogens is 1. The Labute approximate surface area is 102 Å². The lowest BCUT2D eigenvalue weighted by atomic mass is 9.82. The molecule has 2 unspecified atom stereocenters. The molecule has 2 nitrogen and oxygen atoms in total. The van der Waals surface area contributed by atoms with Gasteiger partial charge >= 0.3 is 0 Å². The lowest BCUT2D eigenvalue weighted by Crippen LogP contribution is -2.21. The lowest BCUT2D eigenvalue weighted by molar-refractivity contribution is 0.293. The molecule has 1 aromatic heterocycles. The van der Waals surface area contributed by atoms with Gasteiger partial charge in [-0.3, -0.25) is 0 Å². The fourth-order valence-corrected chi connectivity index (χ4v) is 2.66. The molecule has 0 aromatic carbocycles. The van der Waals surface area contributed by atoms with E-state index in [2.05, 4.69) is 17.2 Å². The molecule has 0 aliphatic heterocycles. The Morgan fingerprint density at radius 1 is 1.44 bits per heavy atom. The molecule has 3 heteroatoms. The molecule has 1 N–H and O–H groups in total. The molecule has 1 fully saturated rings. The zero-order valence-electron chi connectivity index (χ0n) is 9.75. The minimum Gasteiger partial charge on any atom is -0.370 e. The number of nitrogens with one attached hydrogen (secondary N) is 1. The van der Waals surface area contributed by atoms with Gasteiger partial charge in [-0.25, -0.2) is 4.98 Å². The Kier molecular flexibility index (Phi) is 4.05. The van der Waals surface area contributed by atoms with E-state index in [0.29, 0.717) is 5.15 Å². The lowest BCUT2D eigenvalue weighted by Gasteiger charge is -2.26. The van der Waals surface area contributed by atoms with E-state index < -0.39 is 0 Å². The van der Waals surface area contributed by atoms with Crippen LogP contribution in [0.25, 0.3) is 0 Å². The SMILES string of the molecule is CC1CCCC(CNc2cccc(Cl)n2)C1. The highest BCUT2D eigenvalue weighted by Crippen LogP contribution is 2.28. The van der Waals surface area contributed by atoms with Crippen molar-refractivity contribution in [3.63, 3.8) is 0 Å². The zero-order valence-corrected chi connectivity index (χ0v) is 10.5. The number of halogens is 1. The third-order valence-corrected chi connectivity index (χ3v) is 3.54. The second kappa shape index (κ2) is 5.53. The maximum Gasteiger partial charge on any atom is 0.131 e. The maximum absolute atomic E-state index is 5.84. The molecule has 0 bridgehead atoms. The summed E-state index contributed by atoms with van der Waals surface area (Å²) in [5.74, 6) is 2.57. The molecular weight excluding hydrogens is 220 g/mol. The summed E-state index contributed by atoms with van der Waals surface area (Å²) in [5, 5.41) is 3.94. The van der Waals surface area contributed by atoms with Crippen LogP contribution in [-0.4, -0.2) is 11.5 Å². The summed E-state index contributed by atoms with van der Waals surface area (Å²) < 4.78 is 0. The number of hydrogen-bond donors (Lipinski definition) is 1. The molecule has 1 heterocycles. The molecule has 2 atom stereocenters. The van der Waals surface area contributed by atoms with E-state index in [9.17, 15) is 0 Å². The predicted molar refractivity (Wildman–Crippen MR) is 68.9 cm³/mol. The highest BCUT2D eigenvalue weighted by atomic mass is 35.5. The van der Waals surface area contributed by atoms with Gasteiger partial charge in [-0.2, -0.15) is 0 Å². The van der Waals surface area contributed by atoms with Gasteiger partial charge in [0.25, 0.3) is 0 Å². The fraction of sp³-hybridized carbons (Fsp3) is 0.615. The van der Waals surface area contributed by atoms with Crippen LogP contribution in [0.3, 0.4) is 0 Å². The molecule has 2 rings (SSSR count). The smallest absolute Gasteiger partial charge is 0.131 e. The molecule has 1 aromatic rings. The van der Waals surface area contributed by atoms with E-state index in [0.717, 1.165) is 24.2 Å². The summed E-state index contributed by atoms with van der Waals surface area (Å²) in [5.41, 5.74) is 0. The molecule has 0 saturated heterocycles. The average Bonchev–Trinajstić information content (AvgIpc) is 2.27. The molecule has 0 radical (unpaired) electrons. The van der Waals surface area contributed by atoms with E-state index in [1.807, 2.05) is 12.1 Å². The van der Waals surface area contributed by atoms with Gasteiger partial charge in [0.1, 0.15) is 11.0 Å². The second-order valence-electron chi connectivity index (χ2n) is 4.86. The van der Waals surface area contributed by atoms with Crippen LogP contribution in [0.5, 0.6) is 0 Å². The molecule has 0 spiro atoms. The van der Waals surface area contributed by atoms with E-state index in [1.54, 1.807) is 6.07 Å². The Balaban J connectivity index is 1.82. The molecule has 1 aliphatic carbocycles. The van der Waals surface area contributed by atoms with Gasteiger partial charge in [-0.15, -0.1) is 0 Å². The van der Waals surface area contributed by atoms with Crippen LogP contribution in [0.1, 0.15) is 32.6 Å². The number of pyridine rings is 1. The van der Waals surface area contributed by atoms with Crippen molar-refractivity contribution in [3.8, 4) is 0 Å². The van der Waals surface area contributed by atoms with Crippen molar-refractivity contribution in [1.29, 1.82) is 0 Å². The summed E-state index contributed by atoms with van der Waals surface area (Å²) in [7, 11) is 0. The summed E-state index contributed by atoms with van der Waals surface area (Å²) in [6, 6.07) is 5.70. The summed E-state index contributed by atoms with van der Waals surface area (Å²) >= 11 is 5.84. The molecule has 0 amide bonds. The first-order valence-corrected chi connectivity index (χ1v) is 6.48. The predicted octanol–water partition coefficient (Wildman–Crippen LogP) is 3.97. The Morgan fingerprint density at radius 2 is 2.31 bits per heavy atom. The van der Waals surface area contributed by atoms with Crippen LogP contribution in [0.15, 0.2) is 18.2 Å². The minimum absolute atomic E-state index is 0.557. The van der Waals surface area contributed by atoms with Gasteiger partial charge in [-0.1, -0.05) is 37.4 Å². The zero-order chi connectivity index (χ0) is 11.4. The van der Waals surface area contributed by atoms with E-state index in [1.165, 1.54) is 25.7 Å². The highest BCUT2D eigenvalue weighted by molar-refractivity contribution is 6.29. The van der Waals surface area contributed by atoms with Gasteiger partial charge < -0.3 is 5.32 Å². The molecule has 16 heavy (non-hydrogen) atoms. The van der Waals surface area contributed by atoms with Crippen molar-refractivity contribution in [2.24, 2.45) is 11.8 Å². The van der Waals surface area contributed by atoms with E-state index in [4.69, 9.17) is 11.6 Å². The second-order valence-corrected chi connectivity index (χ2v) is 5.25. The Morgan fingerprint density at radius 3 is 3.06 bits per heavy atom. The van der Waals surface area contributed by atoms with Crippen molar-refractivity contribution >= 4 is 17.4 Å². The summed E-state index contributed by atoms with van der Waals surface area (Å²) in [6.45, 7) is 3.38. The topological polar surface area (TPSA) is 24.9 Å². The Bertz CT molecular complexity index is 340. The van der Waals surface area contributed by atoms with Gasteiger partial charge in [0.05, 0.1) is 0 Å². The molecular formula is C13H19ClN2. The third kappa shape index (κ3) is 3.38.